The van der Waals surface area contributed by atoms with Crippen LogP contribution in [0.2, 0.25) is 0 Å². The molecule has 4 rings (SSSR count). The van der Waals surface area contributed by atoms with Crippen molar-refractivity contribution in [3.63, 3.8) is 0 Å². The van der Waals surface area contributed by atoms with Crippen molar-refractivity contribution in [1.29, 1.82) is 5.41 Å². The van der Waals surface area contributed by atoms with Gasteiger partial charge < -0.3 is 15.6 Å². The van der Waals surface area contributed by atoms with Crippen LogP contribution < -0.4 is 5.32 Å². The number of anilines is 1. The van der Waals surface area contributed by atoms with Crippen molar-refractivity contribution in [2.45, 2.75) is 19.3 Å². The van der Waals surface area contributed by atoms with Crippen LogP contribution in [-0.4, -0.2) is 46.9 Å². The second-order valence-electron chi connectivity index (χ2n) is 8.02. The van der Waals surface area contributed by atoms with Gasteiger partial charge in [-0.15, -0.1) is 0 Å². The molecule has 2 heterocycles. The van der Waals surface area contributed by atoms with Crippen LogP contribution >= 0.6 is 0 Å². The summed E-state index contributed by atoms with van der Waals surface area (Å²) in [4.78, 5) is 14.3. The molecule has 1 saturated heterocycles. The summed E-state index contributed by atoms with van der Waals surface area (Å²) in [7, 11) is 0. The molecule has 1 atom stereocenters. The highest BCUT2D eigenvalue weighted by molar-refractivity contribution is 5.88. The van der Waals surface area contributed by atoms with Crippen LogP contribution in [0.5, 0.6) is 0 Å². The Bertz CT molecular complexity index is 1100. The molecule has 3 N–H and O–H groups in total. The van der Waals surface area contributed by atoms with Gasteiger partial charge in [0.1, 0.15) is 0 Å². The van der Waals surface area contributed by atoms with E-state index < -0.39 is 11.6 Å². The monoisotopic (exact) mass is 437 g/mol. The number of H-pyrrole nitrogens is 1. The van der Waals surface area contributed by atoms with E-state index in [1.165, 1.54) is 18.3 Å². The minimum atomic E-state index is -0.885. The molecule has 0 spiro atoms. The van der Waals surface area contributed by atoms with Gasteiger partial charge in [-0.1, -0.05) is 18.2 Å². The molecule has 6 nitrogen and oxygen atoms in total. The van der Waals surface area contributed by atoms with Gasteiger partial charge in [0.2, 0.25) is 5.91 Å². The summed E-state index contributed by atoms with van der Waals surface area (Å²) in [5.74, 6) is -1.51. The molecule has 1 aromatic heterocycles. The number of carbonyl (C=O) groups is 1. The molecular weight excluding hydrogens is 412 g/mol. The molecule has 32 heavy (non-hydrogen) atoms. The molecule has 1 amide bonds. The lowest BCUT2D eigenvalue weighted by Crippen LogP contribution is -2.30. The summed E-state index contributed by atoms with van der Waals surface area (Å²) in [6.45, 7) is 1.98. The minimum Gasteiger partial charge on any atom is -0.384 e. The van der Waals surface area contributed by atoms with E-state index in [9.17, 15) is 13.6 Å². The Morgan fingerprint density at radius 1 is 1.28 bits per heavy atom. The largest absolute Gasteiger partial charge is 0.384 e. The number of halogens is 2. The zero-order chi connectivity index (χ0) is 22.5. The van der Waals surface area contributed by atoms with Crippen LogP contribution in [0.25, 0.3) is 11.1 Å². The number of aryl methyl sites for hydroxylation is 1. The number of nitrogens with one attached hydrogen (secondary N) is 3. The normalized spacial score (nSPS) is 15.7. The highest BCUT2D eigenvalue weighted by atomic mass is 19.2. The van der Waals surface area contributed by atoms with Gasteiger partial charge >= 0.3 is 0 Å². The van der Waals surface area contributed by atoms with Gasteiger partial charge in [-0.25, -0.2) is 8.78 Å². The second-order valence-corrected chi connectivity index (χ2v) is 8.02. The van der Waals surface area contributed by atoms with E-state index in [1.807, 2.05) is 24.4 Å². The fourth-order valence-electron chi connectivity index (χ4n) is 4.05. The fraction of sp³-hybridized carbons (Fsp3) is 0.292. The first-order chi connectivity index (χ1) is 15.5. The average molecular weight is 437 g/mol. The van der Waals surface area contributed by atoms with Crippen molar-refractivity contribution in [1.82, 2.24) is 15.1 Å². The van der Waals surface area contributed by atoms with Gasteiger partial charge in [0.05, 0.1) is 6.20 Å². The number of hydrogen-bond acceptors (Lipinski definition) is 4. The Labute approximate surface area is 185 Å². The summed E-state index contributed by atoms with van der Waals surface area (Å²) in [6, 6.07) is 9.93. The molecule has 1 unspecified atom stereocenters. The van der Waals surface area contributed by atoms with Crippen LogP contribution in [0.1, 0.15) is 24.0 Å². The van der Waals surface area contributed by atoms with Crippen molar-refractivity contribution >= 4 is 17.8 Å². The number of hydrogen-bond donors (Lipinski definition) is 3. The summed E-state index contributed by atoms with van der Waals surface area (Å²) in [6.07, 6.45) is 6.09. The topological polar surface area (TPSA) is 84.9 Å². The number of carbonyl (C=O) groups excluding carboxylic acids is 1. The Kier molecular flexibility index (Phi) is 6.58. The Hall–Kier alpha value is -3.55. The molecule has 0 aliphatic carbocycles. The van der Waals surface area contributed by atoms with E-state index in [4.69, 9.17) is 5.41 Å². The van der Waals surface area contributed by atoms with Gasteiger partial charge in [0, 0.05) is 55.3 Å². The predicted octanol–water partition coefficient (Wildman–Crippen LogP) is 4.25. The van der Waals surface area contributed by atoms with Gasteiger partial charge in [-0.3, -0.25) is 9.89 Å². The number of amides is 1. The molecule has 8 heteroatoms. The summed E-state index contributed by atoms with van der Waals surface area (Å²) in [5.41, 5.74) is 3.83. The van der Waals surface area contributed by atoms with E-state index in [1.54, 1.807) is 11.1 Å². The van der Waals surface area contributed by atoms with E-state index in [0.717, 1.165) is 34.9 Å². The van der Waals surface area contributed by atoms with E-state index >= 15 is 0 Å². The molecule has 2 aromatic carbocycles. The number of benzene rings is 2. The van der Waals surface area contributed by atoms with Gasteiger partial charge in [0.15, 0.2) is 11.6 Å². The lowest BCUT2D eigenvalue weighted by molar-refractivity contribution is -0.130. The van der Waals surface area contributed by atoms with E-state index in [-0.39, 0.29) is 30.2 Å². The number of likely N-dealkylation sites (tertiary alicyclic amines) is 1. The van der Waals surface area contributed by atoms with Crippen LogP contribution in [0.15, 0.2) is 48.8 Å². The third-order valence-electron chi connectivity index (χ3n) is 5.90. The Morgan fingerprint density at radius 2 is 2.16 bits per heavy atom. The van der Waals surface area contributed by atoms with Crippen LogP contribution in [0.4, 0.5) is 14.5 Å². The molecule has 1 fully saturated rings. The van der Waals surface area contributed by atoms with E-state index in [0.29, 0.717) is 19.6 Å². The molecule has 1 aliphatic heterocycles. The Balaban J connectivity index is 1.29. The Morgan fingerprint density at radius 3 is 2.94 bits per heavy atom. The lowest BCUT2D eigenvalue weighted by Gasteiger charge is -2.18. The SMILES string of the molecule is N=Cc1cc(-c2cn[nH]c2)ccc1NCC1CCN(C(=O)CCc2cccc(F)c2F)C1. The average Bonchev–Trinajstić information content (AvgIpc) is 3.51. The minimum absolute atomic E-state index is 0.0409. The number of nitrogens with zero attached hydrogens (tertiary/aromatic N) is 2. The first kappa shape index (κ1) is 21.7. The van der Waals surface area contributed by atoms with Crippen molar-refractivity contribution in [3.05, 3.63) is 71.6 Å². The van der Waals surface area contributed by atoms with Gasteiger partial charge in [-0.05, 0) is 48.1 Å². The zero-order valence-corrected chi connectivity index (χ0v) is 17.6. The summed E-state index contributed by atoms with van der Waals surface area (Å²) < 4.78 is 27.1. The van der Waals surface area contributed by atoms with Crippen LogP contribution in [0, 0.1) is 23.0 Å². The molecule has 0 saturated carbocycles. The summed E-state index contributed by atoms with van der Waals surface area (Å²) in [5, 5.41) is 17.9. The maximum atomic E-state index is 13.8. The van der Waals surface area contributed by atoms with Crippen molar-refractivity contribution in [2.75, 3.05) is 25.0 Å². The van der Waals surface area contributed by atoms with Gasteiger partial charge in [0.25, 0.3) is 0 Å². The molecule has 0 bridgehead atoms. The smallest absolute Gasteiger partial charge is 0.222 e. The number of aromatic amines is 1. The third-order valence-corrected chi connectivity index (χ3v) is 5.90. The maximum absolute atomic E-state index is 13.8. The fourth-order valence-corrected chi connectivity index (χ4v) is 4.05. The van der Waals surface area contributed by atoms with E-state index in [2.05, 4.69) is 15.5 Å². The van der Waals surface area contributed by atoms with Crippen LogP contribution in [-0.2, 0) is 11.2 Å². The molecule has 166 valence electrons. The standard InChI is InChI=1S/C24H25F2N5O/c25-21-3-1-2-17(24(21)26)5-7-23(32)31-9-8-16(15-31)12-28-22-6-4-18(10-19(22)11-27)20-13-29-30-14-20/h1-4,6,10-11,13-14,16,27-28H,5,7-9,12,15H2,(H,29,30). The second kappa shape index (κ2) is 9.72. The molecule has 3 aromatic rings. The highest BCUT2D eigenvalue weighted by Crippen LogP contribution is 2.25. The molecule has 1 aliphatic rings. The summed E-state index contributed by atoms with van der Waals surface area (Å²) >= 11 is 0. The van der Waals surface area contributed by atoms with Crippen molar-refractivity contribution in [3.8, 4) is 11.1 Å². The van der Waals surface area contributed by atoms with Crippen LogP contribution in [0.3, 0.4) is 0 Å². The zero-order valence-electron chi connectivity index (χ0n) is 17.6. The van der Waals surface area contributed by atoms with Crippen molar-refractivity contribution < 1.29 is 13.6 Å². The molecular formula is C24H25F2N5O. The van der Waals surface area contributed by atoms with Gasteiger partial charge in [-0.2, -0.15) is 5.10 Å². The lowest BCUT2D eigenvalue weighted by atomic mass is 10.0. The third kappa shape index (κ3) is 4.85. The molecule has 0 radical (unpaired) electrons. The first-order valence-electron chi connectivity index (χ1n) is 10.6. The van der Waals surface area contributed by atoms with Crippen molar-refractivity contribution in [2.24, 2.45) is 5.92 Å². The first-order valence-corrected chi connectivity index (χ1v) is 10.6. The number of aromatic nitrogens is 2. The highest BCUT2D eigenvalue weighted by Gasteiger charge is 2.26. The quantitative estimate of drug-likeness (QED) is 0.461. The number of rotatable bonds is 8. The maximum Gasteiger partial charge on any atom is 0.222 e. The predicted molar refractivity (Wildman–Crippen MR) is 120 cm³/mol.